The first kappa shape index (κ1) is 60.8. The first-order valence-electron chi connectivity index (χ1n) is 27.4. The second-order valence-electron chi connectivity index (χ2n) is 18.6. The number of ether oxygens (including phenoxy) is 1. The van der Waals surface area contributed by atoms with E-state index in [1.54, 1.807) is 6.08 Å². The van der Waals surface area contributed by atoms with E-state index in [0.29, 0.717) is 19.4 Å². The number of aliphatic hydroxyl groups excluding tert-OH is 2. The summed E-state index contributed by atoms with van der Waals surface area (Å²) < 4.78 is 5.44. The molecule has 0 aliphatic rings. The van der Waals surface area contributed by atoms with Crippen molar-refractivity contribution < 1.29 is 24.5 Å². The standard InChI is InChI=1S/C57H105NO5/c1-3-5-7-9-11-13-15-17-27-31-35-39-43-47-51-57(62)63-52-48-44-40-36-32-28-24-22-20-18-19-21-23-26-30-34-38-42-46-50-56(61)58-54(53-59)55(60)49-45-41-37-33-29-25-16-14-12-10-8-6-4-2/h15,17,22,24,28,32,45,49,54-55,59-60H,3-14,16,18-21,23,25-27,29-31,33-44,46-48,50-53H2,1-2H3,(H,58,61)/b17-15-,24-22-,32-28-,49-45+. The SMILES string of the molecule is CCCCCCC/C=C\CCCCCCCC(=O)OCCCCC/C=C\C=C/CCCCCCCCCCCCC(=O)NC(CO)C(O)/C=C/CCCCCCCCCCCCC. The van der Waals surface area contributed by atoms with Crippen LogP contribution in [0.3, 0.4) is 0 Å². The average molecular weight is 884 g/mol. The maximum absolute atomic E-state index is 12.4. The van der Waals surface area contributed by atoms with Gasteiger partial charge in [-0.2, -0.15) is 0 Å². The summed E-state index contributed by atoms with van der Waals surface area (Å²) in [7, 11) is 0. The molecule has 0 bridgehead atoms. The van der Waals surface area contributed by atoms with Crippen molar-refractivity contribution in [2.75, 3.05) is 13.2 Å². The minimum atomic E-state index is -0.851. The quantitative estimate of drug-likeness (QED) is 0.0245. The zero-order valence-electron chi connectivity index (χ0n) is 41.8. The third-order valence-corrected chi connectivity index (χ3v) is 12.3. The molecule has 0 aliphatic carbocycles. The lowest BCUT2D eigenvalue weighted by atomic mass is 10.0. The number of hydrogen-bond donors (Lipinski definition) is 3. The molecular weight excluding hydrogens is 779 g/mol. The van der Waals surface area contributed by atoms with Gasteiger partial charge in [-0.05, 0) is 89.9 Å². The Hall–Kier alpha value is -2.18. The van der Waals surface area contributed by atoms with Crippen molar-refractivity contribution in [3.63, 3.8) is 0 Å². The summed E-state index contributed by atoms with van der Waals surface area (Å²) in [5.74, 6) is -0.103. The summed E-state index contributed by atoms with van der Waals surface area (Å²) in [6.07, 6.45) is 65.5. The molecule has 0 aliphatic heterocycles. The minimum Gasteiger partial charge on any atom is -0.466 e. The summed E-state index contributed by atoms with van der Waals surface area (Å²) in [4.78, 5) is 24.4. The molecule has 0 saturated carbocycles. The van der Waals surface area contributed by atoms with E-state index < -0.39 is 12.1 Å². The molecule has 0 saturated heterocycles. The second-order valence-corrected chi connectivity index (χ2v) is 18.6. The molecule has 6 nitrogen and oxygen atoms in total. The number of unbranched alkanes of at least 4 members (excludes halogenated alkanes) is 34. The number of carbonyl (C=O) groups is 2. The van der Waals surface area contributed by atoms with Crippen molar-refractivity contribution in [2.45, 2.75) is 289 Å². The van der Waals surface area contributed by atoms with E-state index in [1.807, 2.05) is 6.08 Å². The number of allylic oxidation sites excluding steroid dienone is 7. The topological polar surface area (TPSA) is 95.9 Å². The Labute approximate surface area is 391 Å². The Morgan fingerprint density at radius 1 is 0.444 bits per heavy atom. The highest BCUT2D eigenvalue weighted by Gasteiger charge is 2.18. The van der Waals surface area contributed by atoms with Crippen LogP contribution in [0.2, 0.25) is 0 Å². The largest absolute Gasteiger partial charge is 0.466 e. The maximum atomic E-state index is 12.4. The molecule has 0 fully saturated rings. The number of amides is 1. The zero-order chi connectivity index (χ0) is 45.8. The Balaban J connectivity index is 3.51. The van der Waals surface area contributed by atoms with Gasteiger partial charge in [0.1, 0.15) is 0 Å². The van der Waals surface area contributed by atoms with Crippen LogP contribution in [0.25, 0.3) is 0 Å². The Kier molecular flexibility index (Phi) is 50.6. The van der Waals surface area contributed by atoms with Crippen molar-refractivity contribution in [3.05, 3.63) is 48.6 Å². The average Bonchev–Trinajstić information content (AvgIpc) is 3.28. The van der Waals surface area contributed by atoms with Gasteiger partial charge in [-0.15, -0.1) is 0 Å². The van der Waals surface area contributed by atoms with Crippen molar-refractivity contribution in [1.29, 1.82) is 0 Å². The lowest BCUT2D eigenvalue weighted by Gasteiger charge is -2.20. The minimum absolute atomic E-state index is 0.0234. The molecule has 368 valence electrons. The van der Waals surface area contributed by atoms with Crippen molar-refractivity contribution in [2.24, 2.45) is 0 Å². The van der Waals surface area contributed by atoms with Gasteiger partial charge in [-0.1, -0.05) is 223 Å². The Morgan fingerprint density at radius 2 is 0.794 bits per heavy atom. The normalized spacial score (nSPS) is 13.0. The van der Waals surface area contributed by atoms with Crippen LogP contribution in [0.1, 0.15) is 277 Å². The fourth-order valence-corrected chi connectivity index (χ4v) is 8.09. The fraction of sp³-hybridized carbons (Fsp3) is 0.825. The Morgan fingerprint density at radius 3 is 1.22 bits per heavy atom. The van der Waals surface area contributed by atoms with E-state index in [2.05, 4.69) is 55.6 Å². The number of rotatable bonds is 50. The third kappa shape index (κ3) is 49.1. The highest BCUT2D eigenvalue weighted by Crippen LogP contribution is 2.15. The van der Waals surface area contributed by atoms with Gasteiger partial charge in [0.15, 0.2) is 0 Å². The van der Waals surface area contributed by atoms with Crippen molar-refractivity contribution in [1.82, 2.24) is 5.32 Å². The van der Waals surface area contributed by atoms with Gasteiger partial charge in [0.2, 0.25) is 5.91 Å². The highest BCUT2D eigenvalue weighted by atomic mass is 16.5. The molecule has 0 aromatic carbocycles. The van der Waals surface area contributed by atoms with Crippen LogP contribution < -0.4 is 5.32 Å². The summed E-state index contributed by atoms with van der Waals surface area (Å²) in [6.45, 7) is 4.84. The summed E-state index contributed by atoms with van der Waals surface area (Å²) in [5.41, 5.74) is 0. The van der Waals surface area contributed by atoms with E-state index in [1.165, 1.54) is 173 Å². The van der Waals surface area contributed by atoms with Crippen LogP contribution in [-0.2, 0) is 14.3 Å². The zero-order valence-corrected chi connectivity index (χ0v) is 41.8. The lowest BCUT2D eigenvalue weighted by molar-refractivity contribution is -0.143. The van der Waals surface area contributed by atoms with Gasteiger partial charge >= 0.3 is 5.97 Å². The molecule has 0 aromatic heterocycles. The molecule has 3 N–H and O–H groups in total. The van der Waals surface area contributed by atoms with Crippen molar-refractivity contribution in [3.8, 4) is 0 Å². The molecule has 0 rings (SSSR count). The molecule has 0 spiro atoms. The van der Waals surface area contributed by atoms with Crippen LogP contribution in [0.4, 0.5) is 0 Å². The van der Waals surface area contributed by atoms with Gasteiger partial charge in [0.25, 0.3) is 0 Å². The van der Waals surface area contributed by atoms with E-state index in [4.69, 9.17) is 4.74 Å². The summed E-state index contributed by atoms with van der Waals surface area (Å²) in [5, 5.41) is 23.0. The van der Waals surface area contributed by atoms with Crippen LogP contribution in [-0.4, -0.2) is 47.4 Å². The maximum Gasteiger partial charge on any atom is 0.305 e. The van der Waals surface area contributed by atoms with Gasteiger partial charge in [0, 0.05) is 12.8 Å². The molecule has 2 atom stereocenters. The van der Waals surface area contributed by atoms with Gasteiger partial charge in [0.05, 0.1) is 25.4 Å². The predicted molar refractivity (Wildman–Crippen MR) is 273 cm³/mol. The van der Waals surface area contributed by atoms with Crippen LogP contribution in [0.15, 0.2) is 48.6 Å². The van der Waals surface area contributed by atoms with Crippen LogP contribution in [0, 0.1) is 0 Å². The van der Waals surface area contributed by atoms with Crippen LogP contribution in [0.5, 0.6) is 0 Å². The molecule has 0 heterocycles. The smallest absolute Gasteiger partial charge is 0.305 e. The van der Waals surface area contributed by atoms with Crippen molar-refractivity contribution >= 4 is 11.9 Å². The number of aliphatic hydroxyl groups is 2. The van der Waals surface area contributed by atoms with Crippen LogP contribution >= 0.6 is 0 Å². The summed E-state index contributed by atoms with van der Waals surface area (Å²) >= 11 is 0. The molecule has 6 heteroatoms. The monoisotopic (exact) mass is 884 g/mol. The number of hydrogen-bond acceptors (Lipinski definition) is 5. The number of esters is 1. The molecule has 2 unspecified atom stereocenters. The number of carbonyl (C=O) groups excluding carboxylic acids is 2. The molecule has 63 heavy (non-hydrogen) atoms. The van der Waals surface area contributed by atoms with E-state index in [0.717, 1.165) is 77.0 Å². The number of nitrogens with one attached hydrogen (secondary N) is 1. The van der Waals surface area contributed by atoms with E-state index in [-0.39, 0.29) is 18.5 Å². The predicted octanol–water partition coefficient (Wildman–Crippen LogP) is 16.6. The molecule has 0 aromatic rings. The molecule has 0 radical (unpaired) electrons. The lowest BCUT2D eigenvalue weighted by Crippen LogP contribution is -2.45. The fourth-order valence-electron chi connectivity index (χ4n) is 8.09. The Bertz CT molecular complexity index is 1070. The first-order chi connectivity index (χ1) is 31.0. The van der Waals surface area contributed by atoms with E-state index >= 15 is 0 Å². The first-order valence-corrected chi connectivity index (χ1v) is 27.4. The van der Waals surface area contributed by atoms with Gasteiger partial charge in [-0.25, -0.2) is 0 Å². The van der Waals surface area contributed by atoms with E-state index in [9.17, 15) is 19.8 Å². The summed E-state index contributed by atoms with van der Waals surface area (Å²) in [6, 6.07) is -0.635. The second kappa shape index (κ2) is 52.4. The van der Waals surface area contributed by atoms with Gasteiger partial charge < -0.3 is 20.3 Å². The third-order valence-electron chi connectivity index (χ3n) is 12.3. The molecule has 1 amide bonds. The van der Waals surface area contributed by atoms with Gasteiger partial charge in [-0.3, -0.25) is 9.59 Å². The highest BCUT2D eigenvalue weighted by molar-refractivity contribution is 5.76. The molecular formula is C57H105NO5.